The predicted molar refractivity (Wildman–Crippen MR) is 87.7 cm³/mol. The number of benzene rings is 1. The van der Waals surface area contributed by atoms with Crippen molar-refractivity contribution in [3.05, 3.63) is 50.2 Å². The molecule has 114 valence electrons. The maximum atomic E-state index is 14.2. The first-order valence-corrected chi connectivity index (χ1v) is 8.32. The van der Waals surface area contributed by atoms with Crippen molar-refractivity contribution in [3.63, 3.8) is 0 Å². The number of halogens is 2. The summed E-state index contributed by atoms with van der Waals surface area (Å²) in [6, 6.07) is 4.79. The molecule has 5 heteroatoms. The zero-order chi connectivity index (χ0) is 15.4. The molecule has 21 heavy (non-hydrogen) atoms. The Morgan fingerprint density at radius 1 is 1.38 bits per heavy atom. The first kappa shape index (κ1) is 16.4. The highest BCUT2D eigenvalue weighted by Crippen LogP contribution is 2.26. The fourth-order valence-electron chi connectivity index (χ4n) is 2.20. The van der Waals surface area contributed by atoms with Crippen LogP contribution in [0, 0.1) is 19.7 Å². The Morgan fingerprint density at radius 3 is 2.71 bits per heavy atom. The summed E-state index contributed by atoms with van der Waals surface area (Å²) in [6.07, 6.45) is 1.69. The highest BCUT2D eigenvalue weighted by molar-refractivity contribution is 7.11. The summed E-state index contributed by atoms with van der Waals surface area (Å²) < 4.78 is 14.2. The second-order valence-corrected chi connectivity index (χ2v) is 6.85. The third kappa shape index (κ3) is 4.25. The van der Waals surface area contributed by atoms with E-state index in [-0.39, 0.29) is 11.9 Å². The lowest BCUT2D eigenvalue weighted by Gasteiger charge is -2.18. The van der Waals surface area contributed by atoms with Gasteiger partial charge in [0.2, 0.25) is 0 Å². The molecule has 1 N–H and O–H groups in total. The third-order valence-corrected chi connectivity index (χ3v) is 4.76. The van der Waals surface area contributed by atoms with Gasteiger partial charge in [-0.15, -0.1) is 11.3 Å². The van der Waals surface area contributed by atoms with Crippen LogP contribution in [0.15, 0.2) is 18.2 Å². The van der Waals surface area contributed by atoms with Gasteiger partial charge in [-0.25, -0.2) is 9.37 Å². The van der Waals surface area contributed by atoms with Crippen molar-refractivity contribution in [3.8, 4) is 0 Å². The average molecular weight is 327 g/mol. The molecule has 0 bridgehead atoms. The first-order chi connectivity index (χ1) is 10.0. The summed E-state index contributed by atoms with van der Waals surface area (Å²) in [5.41, 5.74) is 1.71. The van der Waals surface area contributed by atoms with Crippen molar-refractivity contribution < 1.29 is 4.39 Å². The molecule has 0 amide bonds. The fraction of sp³-hybridized carbons (Fsp3) is 0.438. The zero-order valence-corrected chi connectivity index (χ0v) is 14.1. The SMILES string of the molecule is CCCNC(Cc1nc(C)c(C)s1)c1ccc(Cl)cc1F. The van der Waals surface area contributed by atoms with E-state index in [1.165, 1.54) is 10.9 Å². The van der Waals surface area contributed by atoms with Gasteiger partial charge < -0.3 is 5.32 Å². The van der Waals surface area contributed by atoms with Crippen molar-refractivity contribution in [2.75, 3.05) is 6.54 Å². The minimum atomic E-state index is -0.263. The molecule has 0 aliphatic carbocycles. The standard InChI is InChI=1S/C16H20ClFN2S/c1-4-7-19-15(9-16-20-10(2)11(3)21-16)13-6-5-12(17)8-14(13)18/h5-6,8,15,19H,4,7,9H2,1-3H3. The Hall–Kier alpha value is -0.970. The maximum absolute atomic E-state index is 14.2. The molecule has 1 aromatic heterocycles. The fourth-order valence-corrected chi connectivity index (χ4v) is 3.33. The molecule has 0 saturated carbocycles. The van der Waals surface area contributed by atoms with Gasteiger partial charge in [-0.05, 0) is 38.9 Å². The zero-order valence-electron chi connectivity index (χ0n) is 12.5. The van der Waals surface area contributed by atoms with E-state index in [0.29, 0.717) is 17.0 Å². The Morgan fingerprint density at radius 2 is 2.14 bits per heavy atom. The predicted octanol–water partition coefficient (Wildman–Crippen LogP) is 4.84. The van der Waals surface area contributed by atoms with Gasteiger partial charge in [-0.3, -0.25) is 0 Å². The summed E-state index contributed by atoms with van der Waals surface area (Å²) in [6.45, 7) is 7.01. The van der Waals surface area contributed by atoms with E-state index in [9.17, 15) is 4.39 Å². The Balaban J connectivity index is 2.24. The molecule has 1 aromatic carbocycles. The monoisotopic (exact) mass is 326 g/mol. The largest absolute Gasteiger partial charge is 0.309 e. The molecule has 2 nitrogen and oxygen atoms in total. The quantitative estimate of drug-likeness (QED) is 0.822. The molecular formula is C16H20ClFN2S. The van der Waals surface area contributed by atoms with E-state index in [4.69, 9.17) is 11.6 Å². The molecule has 0 radical (unpaired) electrons. The number of aromatic nitrogens is 1. The van der Waals surface area contributed by atoms with Crippen LogP contribution in [0.3, 0.4) is 0 Å². The molecule has 0 saturated heterocycles. The highest BCUT2D eigenvalue weighted by atomic mass is 35.5. The van der Waals surface area contributed by atoms with E-state index in [1.54, 1.807) is 23.5 Å². The van der Waals surface area contributed by atoms with Crippen LogP contribution in [-0.4, -0.2) is 11.5 Å². The molecule has 0 spiro atoms. The smallest absolute Gasteiger partial charge is 0.129 e. The lowest BCUT2D eigenvalue weighted by Crippen LogP contribution is -2.25. The van der Waals surface area contributed by atoms with Crippen LogP contribution in [-0.2, 0) is 6.42 Å². The molecule has 1 heterocycles. The van der Waals surface area contributed by atoms with E-state index >= 15 is 0 Å². The summed E-state index contributed by atoms with van der Waals surface area (Å²) >= 11 is 7.52. The van der Waals surface area contributed by atoms with Gasteiger partial charge in [-0.2, -0.15) is 0 Å². The van der Waals surface area contributed by atoms with Crippen LogP contribution in [0.25, 0.3) is 0 Å². The molecule has 1 unspecified atom stereocenters. The number of hydrogen-bond acceptors (Lipinski definition) is 3. The maximum Gasteiger partial charge on any atom is 0.129 e. The van der Waals surface area contributed by atoms with Crippen LogP contribution in [0.4, 0.5) is 4.39 Å². The lowest BCUT2D eigenvalue weighted by atomic mass is 10.0. The first-order valence-electron chi connectivity index (χ1n) is 7.12. The second kappa shape index (κ2) is 7.34. The van der Waals surface area contributed by atoms with Gasteiger partial charge in [0, 0.05) is 27.9 Å². The van der Waals surface area contributed by atoms with Gasteiger partial charge in [0.1, 0.15) is 5.82 Å². The van der Waals surface area contributed by atoms with Crippen molar-refractivity contribution in [1.29, 1.82) is 0 Å². The lowest BCUT2D eigenvalue weighted by molar-refractivity contribution is 0.496. The number of nitrogens with one attached hydrogen (secondary N) is 1. The molecular weight excluding hydrogens is 307 g/mol. The third-order valence-electron chi connectivity index (χ3n) is 3.43. The molecule has 0 fully saturated rings. The summed E-state index contributed by atoms with van der Waals surface area (Å²) in [5.74, 6) is -0.263. The van der Waals surface area contributed by atoms with Crippen LogP contribution < -0.4 is 5.32 Å². The van der Waals surface area contributed by atoms with Crippen molar-refractivity contribution >= 4 is 22.9 Å². The Labute approximate surface area is 134 Å². The van der Waals surface area contributed by atoms with E-state index in [1.807, 2.05) is 6.92 Å². The van der Waals surface area contributed by atoms with Gasteiger partial charge in [0.05, 0.1) is 10.7 Å². The minimum Gasteiger partial charge on any atom is -0.309 e. The van der Waals surface area contributed by atoms with Crippen molar-refractivity contribution in [1.82, 2.24) is 10.3 Å². The second-order valence-electron chi connectivity index (χ2n) is 5.13. The number of aryl methyl sites for hydroxylation is 2. The Kier molecular flexibility index (Phi) is 5.73. The van der Waals surface area contributed by atoms with E-state index < -0.39 is 0 Å². The number of rotatable bonds is 6. The molecule has 0 aliphatic heterocycles. The van der Waals surface area contributed by atoms with Crippen molar-refractivity contribution in [2.24, 2.45) is 0 Å². The molecule has 0 aliphatic rings. The molecule has 2 rings (SSSR count). The van der Waals surface area contributed by atoms with Crippen LogP contribution in [0.5, 0.6) is 0 Å². The summed E-state index contributed by atoms with van der Waals surface area (Å²) in [4.78, 5) is 5.78. The van der Waals surface area contributed by atoms with Gasteiger partial charge in [-0.1, -0.05) is 24.6 Å². The van der Waals surface area contributed by atoms with Gasteiger partial charge >= 0.3 is 0 Å². The van der Waals surface area contributed by atoms with Gasteiger partial charge in [0.15, 0.2) is 0 Å². The Bertz CT molecular complexity index is 593. The van der Waals surface area contributed by atoms with E-state index in [0.717, 1.165) is 23.7 Å². The van der Waals surface area contributed by atoms with Crippen molar-refractivity contribution in [2.45, 2.75) is 39.7 Å². The van der Waals surface area contributed by atoms with Crippen LogP contribution >= 0.6 is 22.9 Å². The highest BCUT2D eigenvalue weighted by Gasteiger charge is 2.18. The number of thiazole rings is 1. The average Bonchev–Trinajstić information content (AvgIpc) is 2.74. The molecule has 2 aromatic rings. The molecule has 1 atom stereocenters. The normalized spacial score (nSPS) is 12.6. The topological polar surface area (TPSA) is 24.9 Å². The number of hydrogen-bond donors (Lipinski definition) is 1. The number of nitrogens with zero attached hydrogens (tertiary/aromatic N) is 1. The minimum absolute atomic E-state index is 0.0767. The summed E-state index contributed by atoms with van der Waals surface area (Å²) in [7, 11) is 0. The van der Waals surface area contributed by atoms with Crippen LogP contribution in [0.2, 0.25) is 5.02 Å². The van der Waals surface area contributed by atoms with E-state index in [2.05, 4.69) is 24.1 Å². The van der Waals surface area contributed by atoms with Crippen LogP contribution in [0.1, 0.15) is 40.5 Å². The van der Waals surface area contributed by atoms with Gasteiger partial charge in [0.25, 0.3) is 0 Å². The summed E-state index contributed by atoms with van der Waals surface area (Å²) in [5, 5.41) is 4.86.